The van der Waals surface area contributed by atoms with Gasteiger partial charge in [-0.3, -0.25) is 4.79 Å². The van der Waals surface area contributed by atoms with Crippen LogP contribution in [0, 0.1) is 46.3 Å². The van der Waals surface area contributed by atoms with Crippen molar-refractivity contribution in [1.29, 1.82) is 0 Å². The van der Waals surface area contributed by atoms with E-state index in [4.69, 9.17) is 18.9 Å². The Balaban J connectivity index is 1.23. The molecule has 5 nitrogen and oxygen atoms in total. The summed E-state index contributed by atoms with van der Waals surface area (Å²) in [5, 5.41) is 0. The van der Waals surface area contributed by atoms with Crippen molar-refractivity contribution < 1.29 is 23.7 Å². The Morgan fingerprint density at radius 1 is 0.925 bits per heavy atom. The smallest absolute Gasteiger partial charge is 0.306 e. The molecule has 0 aromatic heterocycles. The maximum absolute atomic E-state index is 12.3. The van der Waals surface area contributed by atoms with Crippen molar-refractivity contribution in [2.45, 2.75) is 168 Å². The maximum Gasteiger partial charge on any atom is 0.306 e. The van der Waals surface area contributed by atoms with Gasteiger partial charge in [0.25, 0.3) is 5.97 Å². The molecule has 228 valence electrons. The summed E-state index contributed by atoms with van der Waals surface area (Å²) < 4.78 is 26.7. The fraction of sp³-hybridized carbons (Fsp3) is 0.971. The van der Waals surface area contributed by atoms with Gasteiger partial charge < -0.3 is 18.9 Å². The molecule has 2 heterocycles. The normalized spacial score (nSPS) is 51.1. The minimum atomic E-state index is -0.840. The Morgan fingerprint density at radius 2 is 1.70 bits per heavy atom. The Hall–Kier alpha value is -0.650. The van der Waals surface area contributed by atoms with Gasteiger partial charge in [-0.15, -0.1) is 0 Å². The Labute approximate surface area is 244 Å². The Kier molecular flexibility index (Phi) is 7.73. The average Bonchev–Trinajstić information content (AvgIpc) is 3.31. The molecule has 2 aliphatic heterocycles. The zero-order valence-corrected chi connectivity index (χ0v) is 26.6. The molecule has 4 saturated carbocycles. The Morgan fingerprint density at radius 3 is 2.42 bits per heavy atom. The lowest BCUT2D eigenvalue weighted by Crippen LogP contribution is -2.60. The van der Waals surface area contributed by atoms with E-state index in [0.29, 0.717) is 35.5 Å². The number of fused-ring (bicyclic) bond motifs is 10. The van der Waals surface area contributed by atoms with Crippen LogP contribution in [0.2, 0.25) is 0 Å². The minimum absolute atomic E-state index is 0.00770. The Bertz CT molecular complexity index is 950. The van der Waals surface area contributed by atoms with Crippen LogP contribution < -0.4 is 0 Å². The molecule has 5 heteroatoms. The molecule has 0 amide bonds. The molecule has 0 spiro atoms. The van der Waals surface area contributed by atoms with Crippen LogP contribution in [0.25, 0.3) is 0 Å². The van der Waals surface area contributed by atoms with Gasteiger partial charge in [-0.1, -0.05) is 41.5 Å². The topological polar surface area (TPSA) is 54.0 Å². The molecule has 6 aliphatic rings. The quantitative estimate of drug-likeness (QED) is 0.280. The predicted molar refractivity (Wildman–Crippen MR) is 156 cm³/mol. The molecule has 0 N–H and O–H groups in total. The van der Waals surface area contributed by atoms with Crippen molar-refractivity contribution in [1.82, 2.24) is 0 Å². The van der Waals surface area contributed by atoms with Crippen molar-refractivity contribution in [3.63, 3.8) is 0 Å². The molecule has 4 aliphatic carbocycles. The standard InChI is InChI=1S/C35H58O5/c1-8-10-30(36)37-24-15-18-32(5)23(20-24)12-13-25-26(32)16-19-33(6)27(25)21-28-31(33)34(7)29(14-11-22(3)4)39-35(38-28,40-34)17-9-2/h22-29,31H,8-21H2,1-7H3/t23?,24-,25+,26-,27-,28-,29-,31-,32-,33-,34-,35-/m0/s1. The fourth-order valence-corrected chi connectivity index (χ4v) is 11.5. The van der Waals surface area contributed by atoms with Crippen LogP contribution in [0.3, 0.4) is 0 Å². The van der Waals surface area contributed by atoms with Crippen molar-refractivity contribution in [3.8, 4) is 0 Å². The van der Waals surface area contributed by atoms with Gasteiger partial charge in [0.05, 0.1) is 12.2 Å². The summed E-state index contributed by atoms with van der Waals surface area (Å²) in [5.41, 5.74) is 0.335. The lowest BCUT2D eigenvalue weighted by Gasteiger charge is -2.61. The molecular weight excluding hydrogens is 500 g/mol. The van der Waals surface area contributed by atoms with Gasteiger partial charge >= 0.3 is 5.97 Å². The lowest BCUT2D eigenvalue weighted by atomic mass is 9.44. The first-order valence-corrected chi connectivity index (χ1v) is 17.2. The largest absolute Gasteiger partial charge is 0.462 e. The van der Waals surface area contributed by atoms with Gasteiger partial charge in [0, 0.05) is 18.8 Å². The second kappa shape index (κ2) is 10.5. The number of ether oxygens (including phenoxy) is 4. The molecular formula is C35H58O5. The fourth-order valence-electron chi connectivity index (χ4n) is 11.5. The third-order valence-electron chi connectivity index (χ3n) is 13.2. The van der Waals surface area contributed by atoms with Crippen LogP contribution in [0.15, 0.2) is 0 Å². The molecule has 2 saturated heterocycles. The van der Waals surface area contributed by atoms with E-state index < -0.39 is 5.97 Å². The molecule has 6 fully saturated rings. The second-order valence-electron chi connectivity index (χ2n) is 16.0. The number of hydrogen-bond acceptors (Lipinski definition) is 5. The molecule has 0 radical (unpaired) electrons. The number of carbonyl (C=O) groups excluding carboxylic acids is 1. The molecule has 12 atom stereocenters. The summed E-state index contributed by atoms with van der Waals surface area (Å²) in [6, 6.07) is 0. The van der Waals surface area contributed by atoms with Crippen LogP contribution in [0.5, 0.6) is 0 Å². The van der Waals surface area contributed by atoms with Crippen LogP contribution in [0.4, 0.5) is 0 Å². The third-order valence-corrected chi connectivity index (χ3v) is 13.2. The van der Waals surface area contributed by atoms with E-state index in [1.54, 1.807) is 0 Å². The van der Waals surface area contributed by atoms with Crippen LogP contribution >= 0.6 is 0 Å². The summed E-state index contributed by atoms with van der Waals surface area (Å²) in [5.74, 6) is 3.16. The van der Waals surface area contributed by atoms with Crippen LogP contribution in [-0.4, -0.2) is 35.9 Å². The molecule has 2 bridgehead atoms. The number of carbonyl (C=O) groups is 1. The SMILES string of the molecule is CCCC(=O)O[C@H]1CC[C@@]2(C)C(CC[C@H]3[C@@H]4C[C@@H]5O[C@@]6(CCC)O[C@@H](CCC(C)C)[C@](C)(O6)[C@@H]5[C@@]4(C)CC[C@@H]32)C1. The molecule has 0 aromatic rings. The van der Waals surface area contributed by atoms with E-state index in [-0.39, 0.29) is 35.3 Å². The van der Waals surface area contributed by atoms with E-state index in [1.807, 2.05) is 0 Å². The third kappa shape index (κ3) is 4.53. The zero-order chi connectivity index (χ0) is 28.5. The summed E-state index contributed by atoms with van der Waals surface area (Å²) in [4.78, 5) is 12.3. The van der Waals surface area contributed by atoms with E-state index in [2.05, 4.69) is 48.5 Å². The number of esters is 1. The predicted octanol–water partition coefficient (Wildman–Crippen LogP) is 8.43. The maximum atomic E-state index is 12.3. The van der Waals surface area contributed by atoms with Gasteiger partial charge in [0.1, 0.15) is 11.7 Å². The van der Waals surface area contributed by atoms with Crippen LogP contribution in [-0.2, 0) is 23.7 Å². The van der Waals surface area contributed by atoms with Crippen molar-refractivity contribution in [2.24, 2.45) is 46.3 Å². The number of rotatable bonds is 8. The lowest BCUT2D eigenvalue weighted by molar-refractivity contribution is -0.403. The summed E-state index contributed by atoms with van der Waals surface area (Å²) in [6.07, 6.45) is 15.7. The first kappa shape index (κ1) is 29.4. The van der Waals surface area contributed by atoms with Gasteiger partial charge in [-0.25, -0.2) is 0 Å². The van der Waals surface area contributed by atoms with Gasteiger partial charge in [-0.05, 0) is 124 Å². The van der Waals surface area contributed by atoms with Crippen LogP contribution in [0.1, 0.15) is 138 Å². The number of hydrogen-bond donors (Lipinski definition) is 0. The van der Waals surface area contributed by atoms with E-state index in [1.165, 1.54) is 44.9 Å². The van der Waals surface area contributed by atoms with Gasteiger partial charge in [0.15, 0.2) is 0 Å². The summed E-state index contributed by atoms with van der Waals surface area (Å²) >= 11 is 0. The van der Waals surface area contributed by atoms with Crippen molar-refractivity contribution >= 4 is 5.97 Å². The second-order valence-corrected chi connectivity index (χ2v) is 16.0. The van der Waals surface area contributed by atoms with E-state index >= 15 is 0 Å². The molecule has 40 heavy (non-hydrogen) atoms. The molecule has 0 aromatic carbocycles. The molecule has 6 rings (SSSR count). The zero-order valence-electron chi connectivity index (χ0n) is 26.6. The highest BCUT2D eigenvalue weighted by atomic mass is 16.9. The van der Waals surface area contributed by atoms with Crippen molar-refractivity contribution in [2.75, 3.05) is 0 Å². The monoisotopic (exact) mass is 558 g/mol. The first-order valence-electron chi connectivity index (χ1n) is 17.2. The highest BCUT2D eigenvalue weighted by Gasteiger charge is 2.74. The summed E-state index contributed by atoms with van der Waals surface area (Å²) in [7, 11) is 0. The highest BCUT2D eigenvalue weighted by molar-refractivity contribution is 5.69. The molecule has 1 unspecified atom stereocenters. The average molecular weight is 559 g/mol. The van der Waals surface area contributed by atoms with Gasteiger partial charge in [0.2, 0.25) is 0 Å². The minimum Gasteiger partial charge on any atom is -0.462 e. The van der Waals surface area contributed by atoms with Gasteiger partial charge in [-0.2, -0.15) is 0 Å². The van der Waals surface area contributed by atoms with E-state index in [0.717, 1.165) is 50.4 Å². The summed E-state index contributed by atoms with van der Waals surface area (Å²) in [6.45, 7) is 16.5. The highest BCUT2D eigenvalue weighted by Crippen LogP contribution is 2.72. The van der Waals surface area contributed by atoms with E-state index in [9.17, 15) is 4.79 Å². The first-order chi connectivity index (χ1) is 19.0. The van der Waals surface area contributed by atoms with Crippen molar-refractivity contribution in [3.05, 3.63) is 0 Å².